The number of aldehydes is 1. The van der Waals surface area contributed by atoms with Gasteiger partial charge in [0.15, 0.2) is 0 Å². The number of likely N-dealkylation sites (N-methyl/N-ethyl adjacent to an activating group) is 1. The summed E-state index contributed by atoms with van der Waals surface area (Å²) in [5.41, 5.74) is 5.00. The van der Waals surface area contributed by atoms with Gasteiger partial charge in [0.05, 0.1) is 0 Å². The number of rotatable bonds is 10. The van der Waals surface area contributed by atoms with E-state index in [4.69, 9.17) is 0 Å². The largest absolute Gasteiger partial charge is 0.383 e. The SMILES string of the molecule is CNCCNc1c(C)cccc1CCC(C=O)Cc1ccccc1. The van der Waals surface area contributed by atoms with Crippen molar-refractivity contribution >= 4 is 12.0 Å². The van der Waals surface area contributed by atoms with Crippen LogP contribution in [0, 0.1) is 12.8 Å². The van der Waals surface area contributed by atoms with Crippen LogP contribution in [0.4, 0.5) is 5.69 Å². The van der Waals surface area contributed by atoms with Gasteiger partial charge in [-0.15, -0.1) is 0 Å². The summed E-state index contributed by atoms with van der Waals surface area (Å²) in [5.74, 6) is 0.0677. The van der Waals surface area contributed by atoms with Crippen LogP contribution in [0.5, 0.6) is 0 Å². The maximum atomic E-state index is 11.5. The Hall–Kier alpha value is -2.13. The summed E-state index contributed by atoms with van der Waals surface area (Å²) in [6, 6.07) is 16.6. The van der Waals surface area contributed by atoms with Gasteiger partial charge in [-0.1, -0.05) is 48.5 Å². The summed E-state index contributed by atoms with van der Waals surface area (Å²) in [7, 11) is 1.96. The molecule has 1 unspecified atom stereocenters. The molecule has 2 rings (SSSR count). The predicted molar refractivity (Wildman–Crippen MR) is 102 cm³/mol. The van der Waals surface area contributed by atoms with Gasteiger partial charge in [0.2, 0.25) is 0 Å². The van der Waals surface area contributed by atoms with E-state index < -0.39 is 0 Å². The van der Waals surface area contributed by atoms with E-state index in [0.29, 0.717) is 0 Å². The lowest BCUT2D eigenvalue weighted by atomic mass is 9.93. The molecule has 24 heavy (non-hydrogen) atoms. The molecule has 128 valence electrons. The van der Waals surface area contributed by atoms with Crippen LogP contribution in [-0.2, 0) is 17.6 Å². The minimum Gasteiger partial charge on any atom is -0.383 e. The first-order valence-corrected chi connectivity index (χ1v) is 8.70. The van der Waals surface area contributed by atoms with Crippen LogP contribution in [0.25, 0.3) is 0 Å². The zero-order valence-electron chi connectivity index (χ0n) is 14.7. The Kier molecular flexibility index (Phi) is 7.50. The van der Waals surface area contributed by atoms with Gasteiger partial charge in [0.25, 0.3) is 0 Å². The quantitative estimate of drug-likeness (QED) is 0.518. The molecule has 0 spiro atoms. The van der Waals surface area contributed by atoms with Crippen molar-refractivity contribution in [1.29, 1.82) is 0 Å². The van der Waals surface area contributed by atoms with Crippen LogP contribution in [0.2, 0.25) is 0 Å². The van der Waals surface area contributed by atoms with Gasteiger partial charge in [-0.05, 0) is 49.9 Å². The molecule has 2 N–H and O–H groups in total. The van der Waals surface area contributed by atoms with Gasteiger partial charge >= 0.3 is 0 Å². The van der Waals surface area contributed by atoms with Gasteiger partial charge < -0.3 is 15.4 Å². The topological polar surface area (TPSA) is 41.1 Å². The molecule has 0 heterocycles. The standard InChI is InChI=1S/C21H28N2O/c1-17-7-6-10-20(21(17)23-14-13-22-2)12-11-19(16-24)15-18-8-4-3-5-9-18/h3-10,16,19,22-23H,11-15H2,1-2H3. The molecular formula is C21H28N2O. The minimum atomic E-state index is 0.0677. The van der Waals surface area contributed by atoms with Crippen LogP contribution >= 0.6 is 0 Å². The molecule has 0 radical (unpaired) electrons. The summed E-state index contributed by atoms with van der Waals surface area (Å²) in [4.78, 5) is 11.5. The van der Waals surface area contributed by atoms with Crippen molar-refractivity contribution in [3.8, 4) is 0 Å². The van der Waals surface area contributed by atoms with Crippen LogP contribution in [-0.4, -0.2) is 26.4 Å². The molecule has 0 fully saturated rings. The second-order valence-corrected chi connectivity index (χ2v) is 6.26. The van der Waals surface area contributed by atoms with Crippen molar-refractivity contribution < 1.29 is 4.79 Å². The van der Waals surface area contributed by atoms with Crippen LogP contribution in [0.15, 0.2) is 48.5 Å². The molecule has 1 atom stereocenters. The number of nitrogens with one attached hydrogen (secondary N) is 2. The lowest BCUT2D eigenvalue weighted by Gasteiger charge is -2.16. The Morgan fingerprint density at radius 1 is 1.04 bits per heavy atom. The highest BCUT2D eigenvalue weighted by Crippen LogP contribution is 2.23. The fourth-order valence-corrected chi connectivity index (χ4v) is 2.98. The summed E-state index contributed by atoms with van der Waals surface area (Å²) >= 11 is 0. The molecule has 0 bridgehead atoms. The van der Waals surface area contributed by atoms with Gasteiger partial charge in [-0.25, -0.2) is 0 Å². The van der Waals surface area contributed by atoms with E-state index in [1.807, 2.05) is 25.2 Å². The molecule has 0 amide bonds. The molecule has 0 saturated carbocycles. The number of aryl methyl sites for hydroxylation is 2. The molecule has 2 aromatic carbocycles. The van der Waals surface area contributed by atoms with Gasteiger partial charge in [0, 0.05) is 24.7 Å². The van der Waals surface area contributed by atoms with E-state index in [2.05, 4.69) is 47.9 Å². The van der Waals surface area contributed by atoms with E-state index in [9.17, 15) is 4.79 Å². The van der Waals surface area contributed by atoms with Crippen molar-refractivity contribution in [1.82, 2.24) is 5.32 Å². The fourth-order valence-electron chi connectivity index (χ4n) is 2.98. The number of benzene rings is 2. The fraction of sp³-hybridized carbons (Fsp3) is 0.381. The monoisotopic (exact) mass is 324 g/mol. The molecule has 0 saturated heterocycles. The zero-order valence-corrected chi connectivity index (χ0v) is 14.7. The maximum Gasteiger partial charge on any atom is 0.123 e. The molecule has 2 aromatic rings. The molecule has 3 nitrogen and oxygen atoms in total. The van der Waals surface area contributed by atoms with E-state index >= 15 is 0 Å². The summed E-state index contributed by atoms with van der Waals surface area (Å²) in [6.07, 6.45) is 3.72. The predicted octanol–water partition coefficient (Wildman–Crippen LogP) is 3.62. The van der Waals surface area contributed by atoms with Crippen molar-refractivity contribution in [2.24, 2.45) is 5.92 Å². The van der Waals surface area contributed by atoms with Crippen molar-refractivity contribution in [2.45, 2.75) is 26.2 Å². The highest BCUT2D eigenvalue weighted by Gasteiger charge is 2.11. The highest BCUT2D eigenvalue weighted by molar-refractivity contribution is 5.58. The number of hydrogen-bond acceptors (Lipinski definition) is 3. The van der Waals surface area contributed by atoms with E-state index in [-0.39, 0.29) is 5.92 Å². The average molecular weight is 324 g/mol. The van der Waals surface area contributed by atoms with E-state index in [0.717, 1.165) is 38.6 Å². The first-order valence-electron chi connectivity index (χ1n) is 8.70. The lowest BCUT2D eigenvalue weighted by molar-refractivity contribution is -0.111. The Morgan fingerprint density at radius 2 is 1.83 bits per heavy atom. The number of carbonyl (C=O) groups is 1. The normalized spacial score (nSPS) is 11.9. The zero-order chi connectivity index (χ0) is 17.2. The second-order valence-electron chi connectivity index (χ2n) is 6.26. The second kappa shape index (κ2) is 9.89. The van der Waals surface area contributed by atoms with Gasteiger partial charge in [-0.3, -0.25) is 0 Å². The molecule has 0 aliphatic carbocycles. The van der Waals surface area contributed by atoms with Crippen molar-refractivity contribution in [3.63, 3.8) is 0 Å². The van der Waals surface area contributed by atoms with E-state index in [1.54, 1.807) is 0 Å². The number of anilines is 1. The van der Waals surface area contributed by atoms with Crippen LogP contribution in [0.1, 0.15) is 23.1 Å². The molecular weight excluding hydrogens is 296 g/mol. The molecule has 0 aromatic heterocycles. The number of para-hydroxylation sites is 1. The summed E-state index contributed by atoms with van der Waals surface area (Å²) < 4.78 is 0. The lowest BCUT2D eigenvalue weighted by Crippen LogP contribution is -2.19. The number of carbonyl (C=O) groups excluding carboxylic acids is 1. The average Bonchev–Trinajstić information content (AvgIpc) is 2.61. The van der Waals surface area contributed by atoms with Crippen molar-refractivity contribution in [3.05, 3.63) is 65.2 Å². The minimum absolute atomic E-state index is 0.0677. The van der Waals surface area contributed by atoms with Gasteiger partial charge in [0.1, 0.15) is 6.29 Å². The molecule has 0 aliphatic heterocycles. The first kappa shape index (κ1) is 18.2. The third-order valence-corrected chi connectivity index (χ3v) is 4.35. The Morgan fingerprint density at radius 3 is 2.54 bits per heavy atom. The Balaban J connectivity index is 1.99. The van der Waals surface area contributed by atoms with Crippen LogP contribution in [0.3, 0.4) is 0 Å². The first-order chi connectivity index (χ1) is 11.7. The van der Waals surface area contributed by atoms with E-state index in [1.165, 1.54) is 22.4 Å². The third kappa shape index (κ3) is 5.50. The summed E-state index contributed by atoms with van der Waals surface area (Å²) in [5, 5.41) is 6.68. The number of hydrogen-bond donors (Lipinski definition) is 2. The molecule has 3 heteroatoms. The summed E-state index contributed by atoms with van der Waals surface area (Å²) in [6.45, 7) is 3.96. The Bertz CT molecular complexity index is 625. The van der Waals surface area contributed by atoms with Gasteiger partial charge in [-0.2, -0.15) is 0 Å². The van der Waals surface area contributed by atoms with Crippen LogP contribution < -0.4 is 10.6 Å². The smallest absolute Gasteiger partial charge is 0.123 e. The maximum absolute atomic E-state index is 11.5. The van der Waals surface area contributed by atoms with Crippen molar-refractivity contribution in [2.75, 3.05) is 25.5 Å². The Labute approximate surface area is 145 Å². The molecule has 0 aliphatic rings. The third-order valence-electron chi connectivity index (χ3n) is 4.35. The highest BCUT2D eigenvalue weighted by atomic mass is 16.1.